The lowest BCUT2D eigenvalue weighted by Crippen LogP contribution is -2.40. The molecule has 2 aromatic rings. The first-order valence-electron chi connectivity index (χ1n) is 8.99. The summed E-state index contributed by atoms with van der Waals surface area (Å²) >= 11 is 5.80. The van der Waals surface area contributed by atoms with E-state index in [2.05, 4.69) is 36.4 Å². The van der Waals surface area contributed by atoms with Gasteiger partial charge in [0.2, 0.25) is 0 Å². The first-order valence-corrected chi connectivity index (χ1v) is 9.52. The van der Waals surface area contributed by atoms with E-state index in [-0.39, 0.29) is 5.91 Å². The Morgan fingerprint density at radius 2 is 1.73 bits per heavy atom. The number of amides is 1. The lowest BCUT2D eigenvalue weighted by molar-refractivity contribution is -0.174. The minimum atomic E-state index is -0.650. The highest BCUT2D eigenvalue weighted by atomic mass is 35.5. The minimum Gasteiger partial charge on any atom is -0.275 e. The molecular formula is C22H28ClNO2. The van der Waals surface area contributed by atoms with Crippen LogP contribution in [0.25, 0.3) is 11.1 Å². The van der Waals surface area contributed by atoms with Crippen LogP contribution >= 0.6 is 11.6 Å². The third-order valence-corrected chi connectivity index (χ3v) is 5.13. The van der Waals surface area contributed by atoms with Crippen molar-refractivity contribution in [2.45, 2.75) is 38.5 Å². The molecule has 0 N–H and O–H groups in total. The molecule has 26 heavy (non-hydrogen) atoms. The van der Waals surface area contributed by atoms with Crippen molar-refractivity contribution in [3.8, 4) is 11.1 Å². The molecule has 0 heterocycles. The Balaban J connectivity index is 2.26. The van der Waals surface area contributed by atoms with E-state index in [0.717, 1.165) is 24.8 Å². The maximum absolute atomic E-state index is 12.5. The van der Waals surface area contributed by atoms with E-state index in [1.54, 1.807) is 7.05 Å². The third-order valence-electron chi connectivity index (χ3n) is 4.86. The van der Waals surface area contributed by atoms with E-state index in [1.807, 2.05) is 26.0 Å². The number of carbonyl (C=O) groups is 1. The van der Waals surface area contributed by atoms with Gasteiger partial charge in [-0.15, -0.1) is 11.6 Å². The second kappa shape index (κ2) is 9.20. The molecule has 0 aliphatic carbocycles. The molecule has 2 rings (SSSR count). The summed E-state index contributed by atoms with van der Waals surface area (Å²) in [7, 11) is 3.13. The summed E-state index contributed by atoms with van der Waals surface area (Å²) in [6.07, 6.45) is 3.13. The standard InChI is InChI=1S/C22H28ClNO2/c1-22(2,21(25)24(3)26-4)19-14-12-18(13-15-19)20-11-6-5-9-17(20)10-7-8-16-23/h5-6,9,11-15H,7-8,10,16H2,1-4H3. The van der Waals surface area contributed by atoms with Crippen LogP contribution in [0.4, 0.5) is 0 Å². The van der Waals surface area contributed by atoms with E-state index >= 15 is 0 Å². The van der Waals surface area contributed by atoms with Gasteiger partial charge >= 0.3 is 0 Å². The van der Waals surface area contributed by atoms with Crippen LogP contribution < -0.4 is 0 Å². The van der Waals surface area contributed by atoms with E-state index in [1.165, 1.54) is 28.9 Å². The number of alkyl halides is 1. The zero-order chi connectivity index (χ0) is 19.2. The summed E-state index contributed by atoms with van der Waals surface area (Å²) in [4.78, 5) is 17.6. The number of hydrogen-bond donors (Lipinski definition) is 0. The summed E-state index contributed by atoms with van der Waals surface area (Å²) in [5.41, 5.74) is 4.06. The number of nitrogens with zero attached hydrogens (tertiary/aromatic N) is 1. The van der Waals surface area contributed by atoms with Crippen LogP contribution in [0.5, 0.6) is 0 Å². The van der Waals surface area contributed by atoms with Gasteiger partial charge in [-0.25, -0.2) is 5.06 Å². The maximum Gasteiger partial charge on any atom is 0.255 e. The van der Waals surface area contributed by atoms with Gasteiger partial charge in [0.15, 0.2) is 0 Å². The number of halogens is 1. The van der Waals surface area contributed by atoms with Crippen molar-refractivity contribution in [3.63, 3.8) is 0 Å². The minimum absolute atomic E-state index is 0.0748. The van der Waals surface area contributed by atoms with Crippen LogP contribution in [-0.2, 0) is 21.5 Å². The molecule has 1 amide bonds. The summed E-state index contributed by atoms with van der Waals surface area (Å²) in [5.74, 6) is 0.629. The molecule has 0 radical (unpaired) electrons. The van der Waals surface area contributed by atoms with Gasteiger partial charge in [-0.1, -0.05) is 48.5 Å². The molecule has 0 atom stereocenters. The molecule has 4 heteroatoms. The SMILES string of the molecule is CON(C)C(=O)C(C)(C)c1ccc(-c2ccccc2CCCCCl)cc1. The Morgan fingerprint density at radius 3 is 2.35 bits per heavy atom. The Hall–Kier alpha value is -1.84. The molecule has 0 aromatic heterocycles. The predicted octanol–water partition coefficient (Wildman–Crippen LogP) is 5.21. The van der Waals surface area contributed by atoms with Crippen LogP contribution in [0, 0.1) is 0 Å². The monoisotopic (exact) mass is 373 g/mol. The molecule has 0 aliphatic heterocycles. The van der Waals surface area contributed by atoms with Crippen LogP contribution in [0.1, 0.15) is 37.8 Å². The van der Waals surface area contributed by atoms with Gasteiger partial charge < -0.3 is 0 Å². The summed E-state index contributed by atoms with van der Waals surface area (Å²) in [6.45, 7) is 3.83. The molecule has 0 fully saturated rings. The highest BCUT2D eigenvalue weighted by Crippen LogP contribution is 2.30. The average molecular weight is 374 g/mol. The van der Waals surface area contributed by atoms with E-state index in [0.29, 0.717) is 5.88 Å². The van der Waals surface area contributed by atoms with Crippen molar-refractivity contribution in [2.75, 3.05) is 20.0 Å². The molecule has 2 aromatic carbocycles. The van der Waals surface area contributed by atoms with E-state index < -0.39 is 5.41 Å². The number of benzene rings is 2. The second-order valence-electron chi connectivity index (χ2n) is 6.99. The molecular weight excluding hydrogens is 346 g/mol. The van der Waals surface area contributed by atoms with Gasteiger partial charge in [0.1, 0.15) is 0 Å². The molecule has 0 saturated carbocycles. The molecule has 0 spiro atoms. The fourth-order valence-corrected chi connectivity index (χ4v) is 3.29. The van der Waals surface area contributed by atoms with Crippen LogP contribution in [-0.4, -0.2) is 31.0 Å². The molecule has 0 aliphatic rings. The largest absolute Gasteiger partial charge is 0.275 e. The number of rotatable bonds is 8. The van der Waals surface area contributed by atoms with Crippen molar-refractivity contribution >= 4 is 17.5 Å². The average Bonchev–Trinajstić information content (AvgIpc) is 2.67. The van der Waals surface area contributed by atoms with Crippen molar-refractivity contribution in [1.29, 1.82) is 0 Å². The van der Waals surface area contributed by atoms with Gasteiger partial charge in [0.05, 0.1) is 12.5 Å². The van der Waals surface area contributed by atoms with E-state index in [9.17, 15) is 4.79 Å². The summed E-state index contributed by atoms with van der Waals surface area (Å²) < 4.78 is 0. The first-order chi connectivity index (χ1) is 12.4. The van der Waals surface area contributed by atoms with Gasteiger partial charge in [0, 0.05) is 12.9 Å². The number of likely N-dealkylation sites (N-methyl/N-ethyl adjacent to an activating group) is 1. The van der Waals surface area contributed by atoms with Crippen LogP contribution in [0.15, 0.2) is 48.5 Å². The molecule has 0 saturated heterocycles. The number of unbranched alkanes of at least 4 members (excludes halogenated alkanes) is 1. The Labute approximate surface area is 161 Å². The molecule has 140 valence electrons. The smallest absolute Gasteiger partial charge is 0.255 e. The van der Waals surface area contributed by atoms with Gasteiger partial charge in [-0.3, -0.25) is 9.63 Å². The maximum atomic E-state index is 12.5. The Morgan fingerprint density at radius 1 is 1.08 bits per heavy atom. The van der Waals surface area contributed by atoms with Crippen molar-refractivity contribution in [2.24, 2.45) is 0 Å². The third kappa shape index (κ3) is 4.66. The fourth-order valence-electron chi connectivity index (χ4n) is 3.10. The quantitative estimate of drug-likeness (QED) is 0.361. The second-order valence-corrected chi connectivity index (χ2v) is 7.37. The van der Waals surface area contributed by atoms with Crippen molar-refractivity contribution in [3.05, 3.63) is 59.7 Å². The Kier molecular flexibility index (Phi) is 7.24. The van der Waals surface area contributed by atoms with Gasteiger partial charge in [-0.05, 0) is 55.4 Å². The zero-order valence-corrected chi connectivity index (χ0v) is 16.8. The lowest BCUT2D eigenvalue weighted by Gasteiger charge is -2.28. The number of hydrogen-bond acceptors (Lipinski definition) is 2. The van der Waals surface area contributed by atoms with Gasteiger partial charge in [0.25, 0.3) is 5.91 Å². The van der Waals surface area contributed by atoms with E-state index in [4.69, 9.17) is 16.4 Å². The lowest BCUT2D eigenvalue weighted by atomic mass is 9.82. The molecule has 0 bridgehead atoms. The number of aryl methyl sites for hydroxylation is 1. The van der Waals surface area contributed by atoms with Gasteiger partial charge in [-0.2, -0.15) is 0 Å². The summed E-state index contributed by atoms with van der Waals surface area (Å²) in [6, 6.07) is 16.7. The van der Waals surface area contributed by atoms with Crippen molar-refractivity contribution < 1.29 is 9.63 Å². The molecule has 3 nitrogen and oxygen atoms in total. The van der Waals surface area contributed by atoms with Crippen LogP contribution in [0.3, 0.4) is 0 Å². The first kappa shape index (κ1) is 20.5. The van der Waals surface area contributed by atoms with Crippen LogP contribution in [0.2, 0.25) is 0 Å². The number of carbonyl (C=O) groups excluding carboxylic acids is 1. The highest BCUT2D eigenvalue weighted by molar-refractivity contribution is 6.17. The predicted molar refractivity (Wildman–Crippen MR) is 108 cm³/mol. The summed E-state index contributed by atoms with van der Waals surface area (Å²) in [5, 5.41) is 1.28. The number of hydroxylamine groups is 2. The zero-order valence-electron chi connectivity index (χ0n) is 16.1. The Bertz CT molecular complexity index is 725. The topological polar surface area (TPSA) is 29.5 Å². The highest BCUT2D eigenvalue weighted by Gasteiger charge is 2.32. The fraction of sp³-hybridized carbons (Fsp3) is 0.409. The van der Waals surface area contributed by atoms with Crippen molar-refractivity contribution in [1.82, 2.24) is 5.06 Å². The normalized spacial score (nSPS) is 11.4. The molecule has 0 unspecified atom stereocenters.